The summed E-state index contributed by atoms with van der Waals surface area (Å²) in [4.78, 5) is 14.8. The number of carbonyl (C=O) groups is 1. The fourth-order valence-electron chi connectivity index (χ4n) is 4.09. The highest BCUT2D eigenvalue weighted by Crippen LogP contribution is 2.32. The average Bonchev–Trinajstić information content (AvgIpc) is 2.80. The van der Waals surface area contributed by atoms with Gasteiger partial charge in [0.05, 0.1) is 19.8 Å². The number of amides is 1. The molecule has 2 saturated heterocycles. The number of nitrogens with zero attached hydrogens (tertiary/aromatic N) is 1. The zero-order valence-electron chi connectivity index (χ0n) is 17.0. The van der Waals surface area contributed by atoms with E-state index in [-0.39, 0.29) is 23.8 Å². The molecule has 0 radical (unpaired) electrons. The van der Waals surface area contributed by atoms with Crippen LogP contribution in [0.25, 0.3) is 0 Å². The summed E-state index contributed by atoms with van der Waals surface area (Å²) in [6.45, 7) is 4.62. The van der Waals surface area contributed by atoms with Gasteiger partial charge >= 0.3 is 0 Å². The van der Waals surface area contributed by atoms with Gasteiger partial charge in [-0.3, -0.25) is 10.1 Å². The zero-order valence-corrected chi connectivity index (χ0v) is 17.0. The molecular weight excluding hydrogens is 385 g/mol. The minimum atomic E-state index is -0.385. The third-order valence-corrected chi connectivity index (χ3v) is 5.86. The molecule has 160 valence electrons. The number of ether oxygens (including phenoxy) is 2. The van der Waals surface area contributed by atoms with E-state index in [1.165, 1.54) is 12.1 Å². The summed E-state index contributed by atoms with van der Waals surface area (Å²) in [7, 11) is 0. The van der Waals surface area contributed by atoms with E-state index in [4.69, 9.17) is 9.47 Å². The van der Waals surface area contributed by atoms with Crippen molar-refractivity contribution >= 4 is 17.3 Å². The molecule has 0 atom stereocenters. The maximum Gasteiger partial charge on any atom is 0.238 e. The molecule has 0 aromatic heterocycles. The Hall–Kier alpha value is -2.48. The number of hydrogen-bond acceptors (Lipinski definition) is 5. The number of morpholine rings is 1. The fourth-order valence-corrected chi connectivity index (χ4v) is 4.09. The van der Waals surface area contributed by atoms with Crippen molar-refractivity contribution in [3.8, 4) is 0 Å². The summed E-state index contributed by atoms with van der Waals surface area (Å²) in [6.07, 6.45) is 1.47. The van der Waals surface area contributed by atoms with Crippen LogP contribution in [-0.4, -0.2) is 52.0 Å². The predicted octanol–water partition coefficient (Wildman–Crippen LogP) is 2.90. The predicted molar refractivity (Wildman–Crippen MR) is 114 cm³/mol. The van der Waals surface area contributed by atoms with E-state index in [1.54, 1.807) is 12.1 Å². The van der Waals surface area contributed by atoms with E-state index in [0.717, 1.165) is 56.1 Å². The van der Waals surface area contributed by atoms with Crippen LogP contribution in [0, 0.1) is 5.82 Å². The monoisotopic (exact) mass is 413 g/mol. The molecule has 0 spiro atoms. The summed E-state index contributed by atoms with van der Waals surface area (Å²) in [5.41, 5.74) is 2.49. The quantitative estimate of drug-likeness (QED) is 0.763. The number of halogens is 1. The summed E-state index contributed by atoms with van der Waals surface area (Å²) in [5.74, 6) is -0.374. The minimum absolute atomic E-state index is 0.109. The van der Waals surface area contributed by atoms with Gasteiger partial charge < -0.3 is 19.7 Å². The van der Waals surface area contributed by atoms with E-state index < -0.39 is 0 Å². The lowest BCUT2D eigenvalue weighted by Crippen LogP contribution is -2.49. The molecule has 2 aliphatic heterocycles. The second kappa shape index (κ2) is 9.55. The van der Waals surface area contributed by atoms with Gasteiger partial charge in [-0.2, -0.15) is 0 Å². The summed E-state index contributed by atoms with van der Waals surface area (Å²) >= 11 is 0. The molecule has 1 amide bonds. The van der Waals surface area contributed by atoms with Crippen LogP contribution in [0.15, 0.2) is 48.5 Å². The smallest absolute Gasteiger partial charge is 0.238 e. The fraction of sp³-hybridized carbons (Fsp3) is 0.435. The summed E-state index contributed by atoms with van der Waals surface area (Å²) < 4.78 is 24.3. The van der Waals surface area contributed by atoms with Gasteiger partial charge in [0.15, 0.2) is 0 Å². The standard InChI is InChI=1S/C23H28FN3O3/c24-19-3-1-18(2-4-19)23(9-13-29-14-10-23)25-17-22(28)26-20-5-7-21(8-6-20)27-11-15-30-16-12-27/h1-8,25H,9-17H2,(H,26,28). The second-order valence-corrected chi connectivity index (χ2v) is 7.75. The molecular formula is C23H28FN3O3. The van der Waals surface area contributed by atoms with E-state index in [0.29, 0.717) is 13.2 Å². The molecule has 0 saturated carbocycles. The topological polar surface area (TPSA) is 62.8 Å². The first-order valence-corrected chi connectivity index (χ1v) is 10.5. The van der Waals surface area contributed by atoms with Crippen LogP contribution in [-0.2, 0) is 19.8 Å². The van der Waals surface area contributed by atoms with Crippen LogP contribution < -0.4 is 15.5 Å². The Morgan fingerprint density at radius 2 is 1.57 bits per heavy atom. The highest BCUT2D eigenvalue weighted by atomic mass is 19.1. The third-order valence-electron chi connectivity index (χ3n) is 5.86. The van der Waals surface area contributed by atoms with E-state index in [9.17, 15) is 9.18 Å². The Labute approximate surface area is 176 Å². The maximum absolute atomic E-state index is 13.4. The maximum atomic E-state index is 13.4. The zero-order chi connectivity index (χ0) is 20.8. The number of rotatable bonds is 6. The largest absolute Gasteiger partial charge is 0.381 e. The summed E-state index contributed by atoms with van der Waals surface area (Å²) in [5, 5.41) is 6.37. The van der Waals surface area contributed by atoms with Gasteiger partial charge in [0.25, 0.3) is 0 Å². The highest BCUT2D eigenvalue weighted by Gasteiger charge is 2.34. The molecule has 6 nitrogen and oxygen atoms in total. The Morgan fingerprint density at radius 3 is 2.23 bits per heavy atom. The van der Waals surface area contributed by atoms with Gasteiger partial charge in [0, 0.05) is 43.2 Å². The molecule has 2 aromatic carbocycles. The number of carbonyl (C=O) groups excluding carboxylic acids is 1. The molecule has 30 heavy (non-hydrogen) atoms. The average molecular weight is 413 g/mol. The van der Waals surface area contributed by atoms with Crippen molar-refractivity contribution in [3.63, 3.8) is 0 Å². The molecule has 0 bridgehead atoms. The van der Waals surface area contributed by atoms with E-state index in [1.807, 2.05) is 24.3 Å². The third kappa shape index (κ3) is 4.98. The lowest BCUT2D eigenvalue weighted by atomic mass is 9.82. The number of anilines is 2. The first-order chi connectivity index (χ1) is 14.6. The molecule has 2 aliphatic rings. The lowest BCUT2D eigenvalue weighted by molar-refractivity contribution is -0.116. The molecule has 4 rings (SSSR count). The minimum Gasteiger partial charge on any atom is -0.381 e. The van der Waals surface area contributed by atoms with Crippen molar-refractivity contribution in [1.29, 1.82) is 0 Å². The van der Waals surface area contributed by atoms with Gasteiger partial charge in [0.1, 0.15) is 5.82 Å². The highest BCUT2D eigenvalue weighted by molar-refractivity contribution is 5.92. The second-order valence-electron chi connectivity index (χ2n) is 7.75. The Kier molecular flexibility index (Phi) is 6.62. The van der Waals surface area contributed by atoms with Crippen LogP contribution in [0.5, 0.6) is 0 Å². The van der Waals surface area contributed by atoms with Crippen molar-refractivity contribution in [2.75, 3.05) is 56.3 Å². The summed E-state index contributed by atoms with van der Waals surface area (Å²) in [6, 6.07) is 14.4. The van der Waals surface area contributed by atoms with Crippen LogP contribution in [0.3, 0.4) is 0 Å². The Morgan fingerprint density at radius 1 is 0.933 bits per heavy atom. The van der Waals surface area contributed by atoms with Crippen LogP contribution in [0.1, 0.15) is 18.4 Å². The first-order valence-electron chi connectivity index (χ1n) is 10.5. The molecule has 0 unspecified atom stereocenters. The Balaban J connectivity index is 1.36. The SMILES string of the molecule is O=C(CNC1(c2ccc(F)cc2)CCOCC1)Nc1ccc(N2CCOCC2)cc1. The van der Waals surface area contributed by atoms with Crippen molar-refractivity contribution in [3.05, 3.63) is 59.9 Å². The van der Waals surface area contributed by atoms with Crippen molar-refractivity contribution in [2.24, 2.45) is 0 Å². The molecule has 2 aromatic rings. The van der Waals surface area contributed by atoms with E-state index in [2.05, 4.69) is 15.5 Å². The van der Waals surface area contributed by atoms with Gasteiger partial charge in [0.2, 0.25) is 5.91 Å². The van der Waals surface area contributed by atoms with Crippen molar-refractivity contribution < 1.29 is 18.7 Å². The molecule has 2 fully saturated rings. The number of benzene rings is 2. The van der Waals surface area contributed by atoms with Crippen molar-refractivity contribution in [2.45, 2.75) is 18.4 Å². The van der Waals surface area contributed by atoms with Crippen LogP contribution in [0.4, 0.5) is 15.8 Å². The lowest BCUT2D eigenvalue weighted by Gasteiger charge is -2.38. The van der Waals surface area contributed by atoms with Crippen LogP contribution in [0.2, 0.25) is 0 Å². The number of nitrogens with one attached hydrogen (secondary N) is 2. The number of hydrogen-bond donors (Lipinski definition) is 2. The van der Waals surface area contributed by atoms with Crippen LogP contribution >= 0.6 is 0 Å². The normalized spacial score (nSPS) is 18.8. The van der Waals surface area contributed by atoms with Gasteiger partial charge in [-0.05, 0) is 54.8 Å². The van der Waals surface area contributed by atoms with Gasteiger partial charge in [-0.15, -0.1) is 0 Å². The van der Waals surface area contributed by atoms with Crippen molar-refractivity contribution in [1.82, 2.24) is 5.32 Å². The molecule has 2 heterocycles. The molecule has 7 heteroatoms. The van der Waals surface area contributed by atoms with E-state index >= 15 is 0 Å². The molecule has 2 N–H and O–H groups in total. The van der Waals surface area contributed by atoms with Gasteiger partial charge in [-0.25, -0.2) is 4.39 Å². The first kappa shape index (κ1) is 20.8. The Bertz CT molecular complexity index is 830. The molecule has 0 aliphatic carbocycles. The van der Waals surface area contributed by atoms with Gasteiger partial charge in [-0.1, -0.05) is 12.1 Å².